The molecule has 1 atom stereocenters. The molecule has 0 spiro atoms. The van der Waals surface area contributed by atoms with Crippen LogP contribution in [0.4, 0.5) is 0 Å². The summed E-state index contributed by atoms with van der Waals surface area (Å²) in [6.07, 6.45) is 7.53. The molecule has 1 aromatic carbocycles. The predicted molar refractivity (Wildman–Crippen MR) is 108 cm³/mol. The van der Waals surface area contributed by atoms with Crippen molar-refractivity contribution < 1.29 is 9.59 Å². The highest BCUT2D eigenvalue weighted by molar-refractivity contribution is 7.98. The molecule has 0 saturated heterocycles. The lowest BCUT2D eigenvalue weighted by Gasteiger charge is -2.25. The van der Waals surface area contributed by atoms with E-state index in [0.29, 0.717) is 5.56 Å². The monoisotopic (exact) mass is 388 g/mol. The average molecular weight is 389 g/mol. The first kappa shape index (κ1) is 19.0. The van der Waals surface area contributed by atoms with E-state index in [0.717, 1.165) is 35.5 Å². The van der Waals surface area contributed by atoms with E-state index in [2.05, 4.69) is 10.6 Å². The molecule has 26 heavy (non-hydrogen) atoms. The molecule has 0 radical (unpaired) electrons. The number of hydrogen-bond donors (Lipinski definition) is 2. The normalized spacial score (nSPS) is 16.0. The molecular weight excluding hydrogens is 364 g/mol. The summed E-state index contributed by atoms with van der Waals surface area (Å²) in [6.45, 7) is 0. The van der Waals surface area contributed by atoms with Crippen LogP contribution in [-0.4, -0.2) is 24.1 Å². The number of thioether (sulfide) groups is 1. The van der Waals surface area contributed by atoms with Crippen LogP contribution in [0, 0.1) is 0 Å². The van der Waals surface area contributed by atoms with Crippen molar-refractivity contribution in [3.8, 4) is 0 Å². The maximum absolute atomic E-state index is 12.9. The summed E-state index contributed by atoms with van der Waals surface area (Å²) < 4.78 is 0. The van der Waals surface area contributed by atoms with Crippen LogP contribution in [0.1, 0.15) is 53.4 Å². The van der Waals surface area contributed by atoms with Gasteiger partial charge in [0.1, 0.15) is 6.04 Å². The average Bonchev–Trinajstić information content (AvgIpc) is 3.21. The largest absolute Gasteiger partial charge is 0.351 e. The summed E-state index contributed by atoms with van der Waals surface area (Å²) in [5.41, 5.74) is 0.604. The van der Waals surface area contributed by atoms with E-state index in [-0.39, 0.29) is 17.9 Å². The van der Waals surface area contributed by atoms with Gasteiger partial charge >= 0.3 is 0 Å². The van der Waals surface area contributed by atoms with Crippen molar-refractivity contribution in [2.45, 2.75) is 49.1 Å². The Morgan fingerprint density at radius 2 is 1.88 bits per heavy atom. The molecule has 138 valence electrons. The summed E-state index contributed by atoms with van der Waals surface area (Å²) in [4.78, 5) is 27.5. The molecule has 0 bridgehead atoms. The Kier molecular flexibility index (Phi) is 6.74. The Hall–Kier alpha value is -1.79. The van der Waals surface area contributed by atoms with Crippen LogP contribution >= 0.6 is 23.1 Å². The second-order valence-electron chi connectivity index (χ2n) is 6.47. The molecule has 1 fully saturated rings. The third-order valence-corrected chi connectivity index (χ3v) is 6.40. The van der Waals surface area contributed by atoms with E-state index in [9.17, 15) is 9.59 Å². The van der Waals surface area contributed by atoms with Crippen molar-refractivity contribution in [3.05, 3.63) is 52.2 Å². The fourth-order valence-electron chi connectivity index (χ4n) is 3.29. The molecule has 1 aromatic heterocycles. The van der Waals surface area contributed by atoms with Gasteiger partial charge in [0, 0.05) is 15.8 Å². The molecule has 4 nitrogen and oxygen atoms in total. The topological polar surface area (TPSA) is 58.2 Å². The van der Waals surface area contributed by atoms with Crippen LogP contribution in [0.25, 0.3) is 0 Å². The molecule has 1 saturated carbocycles. The maximum Gasteiger partial charge on any atom is 0.253 e. The van der Waals surface area contributed by atoms with Crippen LogP contribution < -0.4 is 10.6 Å². The van der Waals surface area contributed by atoms with Crippen molar-refractivity contribution in [3.63, 3.8) is 0 Å². The van der Waals surface area contributed by atoms with Gasteiger partial charge in [-0.3, -0.25) is 9.59 Å². The van der Waals surface area contributed by atoms with Gasteiger partial charge in [0.2, 0.25) is 5.91 Å². The number of carbonyl (C=O) groups excluding carboxylic acids is 2. The fraction of sp³-hybridized carbons (Fsp3) is 0.400. The summed E-state index contributed by atoms with van der Waals surface area (Å²) in [5.74, 6) is -0.332. The predicted octanol–water partition coefficient (Wildman–Crippen LogP) is 4.39. The van der Waals surface area contributed by atoms with Crippen molar-refractivity contribution in [1.82, 2.24) is 10.6 Å². The lowest BCUT2D eigenvalue weighted by molar-refractivity contribution is -0.124. The van der Waals surface area contributed by atoms with E-state index in [1.165, 1.54) is 29.5 Å². The summed E-state index contributed by atoms with van der Waals surface area (Å²) in [6, 6.07) is 10.8. The van der Waals surface area contributed by atoms with E-state index in [1.54, 1.807) is 6.07 Å². The summed E-state index contributed by atoms with van der Waals surface area (Å²) in [7, 11) is 0. The highest BCUT2D eigenvalue weighted by atomic mass is 32.2. The van der Waals surface area contributed by atoms with E-state index in [4.69, 9.17) is 0 Å². The molecule has 0 aliphatic heterocycles. The minimum atomic E-state index is -0.653. The lowest BCUT2D eigenvalue weighted by atomic mass is 9.95. The van der Waals surface area contributed by atoms with Crippen molar-refractivity contribution in [1.29, 1.82) is 0 Å². The van der Waals surface area contributed by atoms with Gasteiger partial charge < -0.3 is 10.6 Å². The number of rotatable bonds is 6. The fourth-order valence-corrected chi connectivity index (χ4v) is 4.66. The van der Waals surface area contributed by atoms with Gasteiger partial charge in [-0.05, 0) is 42.7 Å². The zero-order valence-electron chi connectivity index (χ0n) is 14.9. The van der Waals surface area contributed by atoms with E-state index >= 15 is 0 Å². The standard InChI is InChI=1S/C20H24N2O2S2/c1-25-16-11-6-5-10-15(16)19(23)22-18(17-12-7-13-26-17)20(24)21-14-8-3-2-4-9-14/h5-7,10-14,18H,2-4,8-9H2,1H3,(H,21,24)(H,22,23). The van der Waals surface area contributed by atoms with Gasteiger partial charge in [-0.15, -0.1) is 23.1 Å². The zero-order valence-corrected chi connectivity index (χ0v) is 16.5. The molecule has 2 N–H and O–H groups in total. The quantitative estimate of drug-likeness (QED) is 0.722. The van der Waals surface area contributed by atoms with Gasteiger partial charge in [0.05, 0.1) is 5.56 Å². The Bertz CT molecular complexity index is 740. The van der Waals surface area contributed by atoms with Gasteiger partial charge in [0.15, 0.2) is 0 Å². The van der Waals surface area contributed by atoms with Gasteiger partial charge in [-0.2, -0.15) is 0 Å². The number of thiophene rings is 1. The first-order chi connectivity index (χ1) is 12.7. The molecule has 1 aliphatic rings. The molecule has 6 heteroatoms. The van der Waals surface area contributed by atoms with E-state index in [1.807, 2.05) is 42.0 Å². The maximum atomic E-state index is 12.9. The summed E-state index contributed by atoms with van der Waals surface area (Å²) >= 11 is 3.01. The smallest absolute Gasteiger partial charge is 0.253 e. The molecule has 3 rings (SSSR count). The SMILES string of the molecule is CSc1ccccc1C(=O)NC(C(=O)NC1CCCCC1)c1cccs1. The molecule has 1 unspecified atom stereocenters. The minimum absolute atomic E-state index is 0.116. The first-order valence-electron chi connectivity index (χ1n) is 8.96. The Balaban J connectivity index is 1.76. The van der Waals surface area contributed by atoms with Crippen molar-refractivity contribution in [2.24, 2.45) is 0 Å². The number of carbonyl (C=O) groups is 2. The third kappa shape index (κ3) is 4.68. The molecule has 1 aliphatic carbocycles. The number of benzene rings is 1. The van der Waals surface area contributed by atoms with Crippen LogP contribution in [0.2, 0.25) is 0 Å². The Morgan fingerprint density at radius 1 is 1.12 bits per heavy atom. The number of amides is 2. The Morgan fingerprint density at radius 3 is 2.58 bits per heavy atom. The van der Waals surface area contributed by atoms with Crippen LogP contribution in [0.3, 0.4) is 0 Å². The second-order valence-corrected chi connectivity index (χ2v) is 8.29. The Labute approximate surface area is 162 Å². The third-order valence-electron chi connectivity index (χ3n) is 4.67. The zero-order chi connectivity index (χ0) is 18.4. The van der Waals surface area contributed by atoms with Crippen LogP contribution in [-0.2, 0) is 4.79 Å². The second kappa shape index (κ2) is 9.24. The minimum Gasteiger partial charge on any atom is -0.351 e. The molecule has 1 heterocycles. The van der Waals surface area contributed by atoms with Gasteiger partial charge in [0.25, 0.3) is 5.91 Å². The first-order valence-corrected chi connectivity index (χ1v) is 11.1. The van der Waals surface area contributed by atoms with Gasteiger partial charge in [-0.1, -0.05) is 37.5 Å². The summed E-state index contributed by atoms with van der Waals surface area (Å²) in [5, 5.41) is 8.02. The molecular formula is C20H24N2O2S2. The van der Waals surface area contributed by atoms with Crippen molar-refractivity contribution in [2.75, 3.05) is 6.26 Å². The van der Waals surface area contributed by atoms with Crippen LogP contribution in [0.15, 0.2) is 46.7 Å². The number of hydrogen-bond acceptors (Lipinski definition) is 4. The van der Waals surface area contributed by atoms with E-state index < -0.39 is 6.04 Å². The lowest BCUT2D eigenvalue weighted by Crippen LogP contribution is -2.44. The van der Waals surface area contributed by atoms with Gasteiger partial charge in [-0.25, -0.2) is 0 Å². The van der Waals surface area contributed by atoms with Crippen molar-refractivity contribution >= 4 is 34.9 Å². The molecule has 2 aromatic rings. The number of nitrogens with one attached hydrogen (secondary N) is 2. The van der Waals surface area contributed by atoms with Crippen LogP contribution in [0.5, 0.6) is 0 Å². The molecule has 2 amide bonds. The highest BCUT2D eigenvalue weighted by Crippen LogP contribution is 2.24. The highest BCUT2D eigenvalue weighted by Gasteiger charge is 2.27.